The first-order valence-corrected chi connectivity index (χ1v) is 12.7. The van der Waals surface area contributed by atoms with Crippen LogP contribution in [0.1, 0.15) is 57.0 Å². The number of carbonyl (C=O) groups excluding carboxylic acids is 3. The number of nitrogens with zero attached hydrogens (tertiary/aromatic N) is 2. The maximum atomic E-state index is 13.4. The molecule has 0 radical (unpaired) electrons. The Hall–Kier alpha value is -3.98. The summed E-state index contributed by atoms with van der Waals surface area (Å²) in [6.45, 7) is 7.94. The van der Waals surface area contributed by atoms with E-state index in [1.165, 1.54) is 12.0 Å². The summed E-state index contributed by atoms with van der Waals surface area (Å²) >= 11 is 0.966. The molecule has 192 valence electrons. The number of Topliss-reactive ketones (excluding diaryl/α,β-unsaturated/α-hetero) is 1. The fraction of sp³-hybridized carbons (Fsp3) is 0.286. The Labute approximate surface area is 219 Å². The number of esters is 1. The van der Waals surface area contributed by atoms with Crippen LogP contribution in [0.15, 0.2) is 48.0 Å². The first-order valence-electron chi connectivity index (χ1n) is 11.8. The largest absolute Gasteiger partial charge is 0.507 e. The minimum atomic E-state index is -0.938. The van der Waals surface area contributed by atoms with Crippen molar-refractivity contribution >= 4 is 39.9 Å². The zero-order valence-corrected chi connectivity index (χ0v) is 22.1. The first kappa shape index (κ1) is 26.1. The van der Waals surface area contributed by atoms with Crippen LogP contribution in [0.5, 0.6) is 5.75 Å². The number of aryl methyl sites for hydroxylation is 3. The zero-order chi connectivity index (χ0) is 26.9. The number of ketones is 1. The Morgan fingerprint density at radius 3 is 2.43 bits per heavy atom. The number of benzene rings is 2. The van der Waals surface area contributed by atoms with Gasteiger partial charge in [-0.2, -0.15) is 0 Å². The van der Waals surface area contributed by atoms with E-state index in [-0.39, 0.29) is 21.3 Å². The van der Waals surface area contributed by atoms with Gasteiger partial charge in [0.05, 0.1) is 31.0 Å². The monoisotopic (exact) mass is 520 g/mol. The number of anilines is 1. The van der Waals surface area contributed by atoms with Crippen LogP contribution in [0.3, 0.4) is 0 Å². The van der Waals surface area contributed by atoms with Gasteiger partial charge in [-0.05, 0) is 56.5 Å². The molecule has 2 heterocycles. The predicted molar refractivity (Wildman–Crippen MR) is 141 cm³/mol. The number of ether oxygens (including phenoxy) is 2. The molecule has 3 aromatic rings. The molecular formula is C28H28N2O6S. The molecule has 1 amide bonds. The molecule has 4 rings (SSSR count). The Morgan fingerprint density at radius 1 is 1.11 bits per heavy atom. The van der Waals surface area contributed by atoms with Crippen LogP contribution < -0.4 is 9.64 Å². The summed E-state index contributed by atoms with van der Waals surface area (Å²) in [6, 6.07) is 11.6. The lowest BCUT2D eigenvalue weighted by atomic mass is 9.93. The van der Waals surface area contributed by atoms with Crippen LogP contribution in [0.2, 0.25) is 0 Å². The van der Waals surface area contributed by atoms with Gasteiger partial charge >= 0.3 is 11.9 Å². The number of methoxy groups -OCH3 is 1. The molecule has 0 spiro atoms. The molecule has 0 aliphatic carbocycles. The standard InChI is InChI=1S/C28H28N2O6S/c1-6-13-36-19-11-12-20(16(3)14-19)23(31)21-22(18-9-7-15(2)8-10-18)30(26(33)24(21)32)28-29-17(4)25(37-28)27(34)35-5/h7-12,14,22,31H,6,13H2,1-5H3/b23-21-. The third-order valence-electron chi connectivity index (χ3n) is 6.13. The number of rotatable bonds is 7. The predicted octanol–water partition coefficient (Wildman–Crippen LogP) is 5.27. The van der Waals surface area contributed by atoms with Gasteiger partial charge < -0.3 is 14.6 Å². The summed E-state index contributed by atoms with van der Waals surface area (Å²) in [5.41, 5.74) is 3.07. The SMILES string of the molecule is CCCOc1ccc(/C(O)=C2/C(=O)C(=O)N(c3nc(C)c(C(=O)OC)s3)C2c2ccc(C)cc2)c(C)c1. The van der Waals surface area contributed by atoms with Gasteiger partial charge in [0.25, 0.3) is 5.78 Å². The number of thiazole rings is 1. The molecule has 1 saturated heterocycles. The maximum absolute atomic E-state index is 13.4. The average molecular weight is 521 g/mol. The summed E-state index contributed by atoms with van der Waals surface area (Å²) in [5.74, 6) is -1.88. The van der Waals surface area contributed by atoms with Gasteiger partial charge in [-0.3, -0.25) is 14.5 Å². The average Bonchev–Trinajstić information content (AvgIpc) is 3.39. The molecule has 1 aliphatic rings. The molecular weight excluding hydrogens is 492 g/mol. The van der Waals surface area contributed by atoms with E-state index in [2.05, 4.69) is 4.98 Å². The van der Waals surface area contributed by atoms with Gasteiger partial charge in [0.15, 0.2) is 5.13 Å². The second kappa shape index (κ2) is 10.6. The van der Waals surface area contributed by atoms with Crippen LogP contribution >= 0.6 is 11.3 Å². The molecule has 2 aromatic carbocycles. The van der Waals surface area contributed by atoms with E-state index in [0.717, 1.165) is 23.3 Å². The molecule has 1 aromatic heterocycles. The lowest BCUT2D eigenvalue weighted by molar-refractivity contribution is -0.132. The van der Waals surface area contributed by atoms with Crippen molar-refractivity contribution in [1.29, 1.82) is 0 Å². The van der Waals surface area contributed by atoms with Crippen molar-refractivity contribution in [2.24, 2.45) is 0 Å². The maximum Gasteiger partial charge on any atom is 0.350 e. The molecule has 37 heavy (non-hydrogen) atoms. The molecule has 1 fully saturated rings. The van der Waals surface area contributed by atoms with Gasteiger partial charge in [0.1, 0.15) is 16.4 Å². The first-order chi connectivity index (χ1) is 17.7. The number of amides is 1. The van der Waals surface area contributed by atoms with Crippen molar-refractivity contribution < 1.29 is 29.0 Å². The van der Waals surface area contributed by atoms with Crippen LogP contribution in [0.4, 0.5) is 5.13 Å². The number of aromatic nitrogens is 1. The molecule has 8 nitrogen and oxygen atoms in total. The van der Waals surface area contributed by atoms with Gasteiger partial charge in [-0.25, -0.2) is 9.78 Å². The zero-order valence-electron chi connectivity index (χ0n) is 21.3. The number of aliphatic hydroxyl groups is 1. The summed E-state index contributed by atoms with van der Waals surface area (Å²) in [4.78, 5) is 44.9. The van der Waals surface area contributed by atoms with Gasteiger partial charge in [-0.15, -0.1) is 0 Å². The Kier molecular flexibility index (Phi) is 7.45. The van der Waals surface area contributed by atoms with Crippen molar-refractivity contribution in [2.75, 3.05) is 18.6 Å². The lowest BCUT2D eigenvalue weighted by Gasteiger charge is -2.23. The lowest BCUT2D eigenvalue weighted by Crippen LogP contribution is -2.29. The van der Waals surface area contributed by atoms with Crippen molar-refractivity contribution in [3.05, 3.63) is 80.9 Å². The second-order valence-corrected chi connectivity index (χ2v) is 9.79. The minimum Gasteiger partial charge on any atom is -0.507 e. The fourth-order valence-electron chi connectivity index (χ4n) is 4.22. The van der Waals surface area contributed by atoms with Crippen LogP contribution in [0.25, 0.3) is 5.76 Å². The number of aliphatic hydroxyl groups excluding tert-OH is 1. The highest BCUT2D eigenvalue weighted by Gasteiger charge is 2.48. The Morgan fingerprint density at radius 2 is 1.81 bits per heavy atom. The Bertz CT molecular complexity index is 1410. The third-order valence-corrected chi connectivity index (χ3v) is 7.26. The van der Waals surface area contributed by atoms with E-state index >= 15 is 0 Å². The molecule has 1 atom stereocenters. The topological polar surface area (TPSA) is 106 Å². The molecule has 1 N–H and O–H groups in total. The van der Waals surface area contributed by atoms with E-state index in [4.69, 9.17) is 9.47 Å². The minimum absolute atomic E-state index is 0.0494. The van der Waals surface area contributed by atoms with Gasteiger partial charge in [0.2, 0.25) is 0 Å². The molecule has 1 unspecified atom stereocenters. The fourth-order valence-corrected chi connectivity index (χ4v) is 5.23. The highest BCUT2D eigenvalue weighted by atomic mass is 32.1. The normalized spacial score (nSPS) is 16.8. The number of hydrogen-bond acceptors (Lipinski definition) is 8. The van der Waals surface area contributed by atoms with Crippen molar-refractivity contribution in [2.45, 2.75) is 40.2 Å². The van der Waals surface area contributed by atoms with Crippen molar-refractivity contribution in [1.82, 2.24) is 4.98 Å². The van der Waals surface area contributed by atoms with E-state index in [9.17, 15) is 19.5 Å². The molecule has 0 bridgehead atoms. The van der Waals surface area contributed by atoms with E-state index in [1.54, 1.807) is 32.0 Å². The van der Waals surface area contributed by atoms with E-state index < -0.39 is 23.7 Å². The highest BCUT2D eigenvalue weighted by Crippen LogP contribution is 2.44. The smallest absolute Gasteiger partial charge is 0.350 e. The third kappa shape index (κ3) is 4.86. The number of carbonyl (C=O) groups is 3. The van der Waals surface area contributed by atoms with Gasteiger partial charge in [-0.1, -0.05) is 48.1 Å². The van der Waals surface area contributed by atoms with Gasteiger partial charge in [0, 0.05) is 5.56 Å². The molecule has 0 saturated carbocycles. The second-order valence-electron chi connectivity index (χ2n) is 8.81. The van der Waals surface area contributed by atoms with Crippen LogP contribution in [0, 0.1) is 20.8 Å². The summed E-state index contributed by atoms with van der Waals surface area (Å²) in [7, 11) is 1.26. The van der Waals surface area contributed by atoms with Crippen LogP contribution in [-0.2, 0) is 14.3 Å². The number of hydrogen-bond donors (Lipinski definition) is 1. The molecule has 9 heteroatoms. The summed E-state index contributed by atoms with van der Waals surface area (Å²) < 4.78 is 10.5. The Balaban J connectivity index is 1.89. The van der Waals surface area contributed by atoms with E-state index in [0.29, 0.717) is 34.7 Å². The highest BCUT2D eigenvalue weighted by molar-refractivity contribution is 7.17. The van der Waals surface area contributed by atoms with Crippen molar-refractivity contribution in [3.8, 4) is 5.75 Å². The molecule has 1 aliphatic heterocycles. The van der Waals surface area contributed by atoms with E-state index in [1.807, 2.05) is 38.1 Å². The summed E-state index contributed by atoms with van der Waals surface area (Å²) in [6.07, 6.45) is 0.856. The summed E-state index contributed by atoms with van der Waals surface area (Å²) in [5, 5.41) is 11.6. The van der Waals surface area contributed by atoms with Crippen molar-refractivity contribution in [3.63, 3.8) is 0 Å². The van der Waals surface area contributed by atoms with Crippen LogP contribution in [-0.4, -0.2) is 41.5 Å². The quantitative estimate of drug-likeness (QED) is 0.196.